The van der Waals surface area contributed by atoms with E-state index in [-0.39, 0.29) is 11.2 Å². The minimum atomic E-state index is 0.179. The largest absolute Gasteiger partial charge is 0.299 e. The second-order valence-electron chi connectivity index (χ2n) is 9.22. The van der Waals surface area contributed by atoms with Gasteiger partial charge in [0.05, 0.1) is 6.54 Å². The lowest BCUT2D eigenvalue weighted by atomic mass is 9.62. The van der Waals surface area contributed by atoms with Crippen LogP contribution in [0.4, 0.5) is 0 Å². The molecule has 0 bridgehead atoms. The minimum absolute atomic E-state index is 0.179. The summed E-state index contributed by atoms with van der Waals surface area (Å²) in [5, 5.41) is 0. The lowest BCUT2D eigenvalue weighted by Gasteiger charge is -2.50. The Hall–Kier alpha value is -1.49. The topological polar surface area (TPSA) is 23.6 Å². The van der Waals surface area contributed by atoms with Gasteiger partial charge in [-0.3, -0.25) is 14.6 Å². The zero-order chi connectivity index (χ0) is 21.0. The van der Waals surface area contributed by atoms with Crippen LogP contribution in [-0.2, 0) is 16.8 Å². The number of ketones is 1. The molecule has 2 aromatic carbocycles. The van der Waals surface area contributed by atoms with Crippen LogP contribution in [0.1, 0.15) is 43.7 Å². The summed E-state index contributed by atoms with van der Waals surface area (Å²) in [7, 11) is 0. The molecule has 3 nitrogen and oxygen atoms in total. The number of hydrogen-bond donors (Lipinski definition) is 0. The van der Waals surface area contributed by atoms with Crippen LogP contribution < -0.4 is 0 Å². The SMILES string of the molecule is CC(=O)CN1CCCC(c2ccccc2)(C2CCN(Cc3ccc(Br)cc3)CC2)C1. The lowest BCUT2D eigenvalue weighted by molar-refractivity contribution is -0.118. The van der Waals surface area contributed by atoms with Crippen molar-refractivity contribution < 1.29 is 4.79 Å². The van der Waals surface area contributed by atoms with Crippen LogP contribution in [0.25, 0.3) is 0 Å². The second kappa shape index (κ2) is 9.76. The van der Waals surface area contributed by atoms with E-state index >= 15 is 0 Å². The minimum Gasteiger partial charge on any atom is -0.299 e. The van der Waals surface area contributed by atoms with Crippen molar-refractivity contribution >= 4 is 21.7 Å². The fraction of sp³-hybridized carbons (Fsp3) is 0.500. The molecule has 0 radical (unpaired) electrons. The van der Waals surface area contributed by atoms with Crippen LogP contribution >= 0.6 is 15.9 Å². The Morgan fingerprint density at radius 2 is 1.70 bits per heavy atom. The number of benzene rings is 2. The van der Waals surface area contributed by atoms with Crippen LogP contribution in [0.3, 0.4) is 0 Å². The molecule has 2 aliphatic rings. The number of piperidine rings is 2. The smallest absolute Gasteiger partial charge is 0.143 e. The van der Waals surface area contributed by atoms with E-state index in [0.29, 0.717) is 12.5 Å². The fourth-order valence-corrected chi connectivity index (χ4v) is 5.96. The van der Waals surface area contributed by atoms with E-state index in [1.165, 1.54) is 36.8 Å². The summed E-state index contributed by atoms with van der Waals surface area (Å²) >= 11 is 3.53. The molecule has 0 aromatic heterocycles. The number of rotatable bonds is 6. The highest BCUT2D eigenvalue weighted by Crippen LogP contribution is 2.45. The van der Waals surface area contributed by atoms with Gasteiger partial charge in [0, 0.05) is 23.0 Å². The zero-order valence-corrected chi connectivity index (χ0v) is 19.6. The summed E-state index contributed by atoms with van der Waals surface area (Å²) in [5.41, 5.74) is 3.04. The molecule has 30 heavy (non-hydrogen) atoms. The molecule has 2 saturated heterocycles. The van der Waals surface area contributed by atoms with E-state index in [1.54, 1.807) is 6.92 Å². The van der Waals surface area contributed by atoms with Crippen molar-refractivity contribution in [1.29, 1.82) is 0 Å². The fourth-order valence-electron chi connectivity index (χ4n) is 5.69. The Balaban J connectivity index is 1.48. The molecule has 2 aliphatic heterocycles. The van der Waals surface area contributed by atoms with Gasteiger partial charge >= 0.3 is 0 Å². The molecule has 2 aromatic rings. The Labute approximate surface area is 189 Å². The third-order valence-corrected chi connectivity index (χ3v) is 7.62. The summed E-state index contributed by atoms with van der Waals surface area (Å²) in [6.07, 6.45) is 4.89. The number of nitrogens with zero attached hydrogens (tertiary/aromatic N) is 2. The highest BCUT2D eigenvalue weighted by molar-refractivity contribution is 9.10. The van der Waals surface area contributed by atoms with Gasteiger partial charge in [-0.25, -0.2) is 0 Å². The highest BCUT2D eigenvalue weighted by atomic mass is 79.9. The van der Waals surface area contributed by atoms with Crippen LogP contribution in [0.15, 0.2) is 59.1 Å². The molecule has 0 N–H and O–H groups in total. The predicted molar refractivity (Wildman–Crippen MR) is 127 cm³/mol. The number of Topliss-reactive ketones (excluding diaryl/α,β-unsaturated/α-hetero) is 1. The van der Waals surface area contributed by atoms with Crippen molar-refractivity contribution in [2.45, 2.75) is 44.6 Å². The van der Waals surface area contributed by atoms with Crippen LogP contribution in [0.2, 0.25) is 0 Å². The number of carbonyl (C=O) groups excluding carboxylic acids is 1. The summed E-state index contributed by atoms with van der Waals surface area (Å²) in [4.78, 5) is 16.8. The molecule has 4 heteroatoms. The van der Waals surface area contributed by atoms with Crippen LogP contribution in [0.5, 0.6) is 0 Å². The van der Waals surface area contributed by atoms with Gasteiger partial charge in [-0.15, -0.1) is 0 Å². The van der Waals surface area contributed by atoms with E-state index < -0.39 is 0 Å². The summed E-state index contributed by atoms with van der Waals surface area (Å²) < 4.78 is 1.14. The van der Waals surface area contributed by atoms with Crippen molar-refractivity contribution in [2.75, 3.05) is 32.7 Å². The zero-order valence-electron chi connectivity index (χ0n) is 18.0. The first-order chi connectivity index (χ1) is 14.5. The third kappa shape index (κ3) is 5.04. The Bertz CT molecular complexity index is 830. The van der Waals surface area contributed by atoms with Gasteiger partial charge < -0.3 is 0 Å². The van der Waals surface area contributed by atoms with Gasteiger partial charge in [0.25, 0.3) is 0 Å². The Kier molecular flexibility index (Phi) is 7.07. The normalized spacial score (nSPS) is 24.1. The molecule has 4 rings (SSSR count). The molecular formula is C26H33BrN2O. The first-order valence-electron chi connectivity index (χ1n) is 11.3. The summed E-state index contributed by atoms with van der Waals surface area (Å²) in [6, 6.07) is 19.9. The van der Waals surface area contributed by atoms with Gasteiger partial charge in [0.2, 0.25) is 0 Å². The van der Waals surface area contributed by atoms with Crippen molar-refractivity contribution in [3.63, 3.8) is 0 Å². The first kappa shape index (κ1) is 21.7. The van der Waals surface area contributed by atoms with E-state index in [2.05, 4.69) is 80.3 Å². The average molecular weight is 469 g/mol. The van der Waals surface area contributed by atoms with Crippen molar-refractivity contribution in [1.82, 2.24) is 9.80 Å². The molecule has 160 valence electrons. The maximum Gasteiger partial charge on any atom is 0.143 e. The molecule has 2 fully saturated rings. The maximum atomic E-state index is 11.8. The third-order valence-electron chi connectivity index (χ3n) is 7.09. The molecule has 2 heterocycles. The number of carbonyl (C=O) groups is 1. The quantitative estimate of drug-likeness (QED) is 0.575. The van der Waals surface area contributed by atoms with Gasteiger partial charge in [0.15, 0.2) is 0 Å². The van der Waals surface area contributed by atoms with Gasteiger partial charge in [-0.2, -0.15) is 0 Å². The van der Waals surface area contributed by atoms with Crippen molar-refractivity contribution in [3.8, 4) is 0 Å². The van der Waals surface area contributed by atoms with E-state index in [9.17, 15) is 4.79 Å². The van der Waals surface area contributed by atoms with Crippen LogP contribution in [0, 0.1) is 5.92 Å². The van der Waals surface area contributed by atoms with Crippen molar-refractivity contribution in [2.24, 2.45) is 5.92 Å². The number of hydrogen-bond acceptors (Lipinski definition) is 3. The maximum absolute atomic E-state index is 11.8. The van der Waals surface area contributed by atoms with E-state index in [0.717, 1.165) is 37.2 Å². The van der Waals surface area contributed by atoms with Gasteiger partial charge in [-0.05, 0) is 81.4 Å². The van der Waals surface area contributed by atoms with Gasteiger partial charge in [0.1, 0.15) is 5.78 Å². The first-order valence-corrected chi connectivity index (χ1v) is 12.1. The van der Waals surface area contributed by atoms with Crippen molar-refractivity contribution in [3.05, 3.63) is 70.2 Å². The average Bonchev–Trinajstić information content (AvgIpc) is 2.76. The molecular weight excluding hydrogens is 436 g/mol. The second-order valence-corrected chi connectivity index (χ2v) is 10.1. The molecule has 0 amide bonds. The van der Waals surface area contributed by atoms with Gasteiger partial charge in [-0.1, -0.05) is 58.4 Å². The number of likely N-dealkylation sites (tertiary alicyclic amines) is 2. The van der Waals surface area contributed by atoms with Crippen LogP contribution in [-0.4, -0.2) is 48.3 Å². The standard InChI is InChI=1S/C26H33BrN2O/c1-21(30)18-29-15-5-14-26(20-29,23-6-3-2-4-7-23)24-12-16-28(17-13-24)19-22-8-10-25(27)11-9-22/h2-4,6-11,24H,5,12-20H2,1H3. The summed E-state index contributed by atoms with van der Waals surface area (Å²) in [5.74, 6) is 0.957. The number of halogens is 1. The lowest BCUT2D eigenvalue weighted by Crippen LogP contribution is -2.53. The monoisotopic (exact) mass is 468 g/mol. The van der Waals surface area contributed by atoms with E-state index in [4.69, 9.17) is 0 Å². The van der Waals surface area contributed by atoms with E-state index in [1.807, 2.05) is 0 Å². The summed E-state index contributed by atoms with van der Waals surface area (Å²) in [6.45, 7) is 7.74. The highest BCUT2D eigenvalue weighted by Gasteiger charge is 2.44. The molecule has 0 saturated carbocycles. The Morgan fingerprint density at radius 1 is 1.00 bits per heavy atom. The Morgan fingerprint density at radius 3 is 2.37 bits per heavy atom. The molecule has 0 aliphatic carbocycles. The molecule has 1 atom stereocenters. The molecule has 0 spiro atoms. The molecule has 1 unspecified atom stereocenters. The predicted octanol–water partition coefficient (Wildman–Crippen LogP) is 5.28.